The molecule has 3 N–H and O–H groups in total. The van der Waals surface area contributed by atoms with Crippen molar-refractivity contribution in [1.82, 2.24) is 16.0 Å². The van der Waals surface area contributed by atoms with E-state index in [-0.39, 0.29) is 17.7 Å². The fourth-order valence-electron chi connectivity index (χ4n) is 2.56. The predicted octanol–water partition coefficient (Wildman–Crippen LogP) is 4.01. The molecule has 0 aliphatic carbocycles. The molecule has 0 bridgehead atoms. The summed E-state index contributed by atoms with van der Waals surface area (Å²) in [5, 5.41) is 8.69. The van der Waals surface area contributed by atoms with Crippen LogP contribution in [0.15, 0.2) is 18.2 Å². The average molecular weight is 418 g/mol. The van der Waals surface area contributed by atoms with Crippen LogP contribution in [0.4, 0.5) is 0 Å². The minimum absolute atomic E-state index is 0.275. The maximum absolute atomic E-state index is 12.7. The minimum Gasteiger partial charge on any atom is -0.352 e. The van der Waals surface area contributed by atoms with Crippen molar-refractivity contribution in [2.45, 2.75) is 60.8 Å². The van der Waals surface area contributed by atoms with Crippen LogP contribution in [0.25, 0.3) is 0 Å². The second-order valence-electron chi connectivity index (χ2n) is 8.47. The summed E-state index contributed by atoms with van der Waals surface area (Å²) in [7, 11) is 0. The molecule has 1 aromatic rings. The number of hydrogen-bond donors (Lipinski definition) is 3. The highest BCUT2D eigenvalue weighted by molar-refractivity contribution is 6.04. The van der Waals surface area contributed by atoms with E-state index in [4.69, 9.17) is 0 Å². The van der Waals surface area contributed by atoms with Gasteiger partial charge in [-0.25, -0.2) is 0 Å². The van der Waals surface area contributed by atoms with E-state index in [0.717, 1.165) is 19.3 Å². The highest BCUT2D eigenvalue weighted by Gasteiger charge is 2.17. The molecular weight excluding hydrogens is 378 g/mol. The fraction of sp³-hybridized carbons (Fsp3) is 0.625. The first-order valence-electron chi connectivity index (χ1n) is 11.2. The average Bonchev–Trinajstić information content (AvgIpc) is 2.77. The molecular formula is C24H39N3O3. The Labute approximate surface area is 181 Å². The summed E-state index contributed by atoms with van der Waals surface area (Å²) >= 11 is 0. The largest absolute Gasteiger partial charge is 0.352 e. The molecule has 1 rings (SSSR count). The van der Waals surface area contributed by atoms with Crippen molar-refractivity contribution in [3.05, 3.63) is 34.9 Å². The van der Waals surface area contributed by atoms with Gasteiger partial charge < -0.3 is 16.0 Å². The molecule has 3 unspecified atom stereocenters. The molecule has 6 heteroatoms. The lowest BCUT2D eigenvalue weighted by Crippen LogP contribution is -2.32. The van der Waals surface area contributed by atoms with Crippen LogP contribution in [-0.4, -0.2) is 37.4 Å². The molecule has 6 nitrogen and oxygen atoms in total. The van der Waals surface area contributed by atoms with Crippen molar-refractivity contribution in [2.24, 2.45) is 17.8 Å². The zero-order valence-electron chi connectivity index (χ0n) is 19.4. The smallest absolute Gasteiger partial charge is 0.251 e. The summed E-state index contributed by atoms with van der Waals surface area (Å²) in [6, 6.07) is 4.68. The quantitative estimate of drug-likeness (QED) is 0.480. The van der Waals surface area contributed by atoms with Crippen LogP contribution in [-0.2, 0) is 0 Å². The van der Waals surface area contributed by atoms with E-state index in [1.54, 1.807) is 18.2 Å². The lowest BCUT2D eigenvalue weighted by atomic mass is 10.0. The van der Waals surface area contributed by atoms with E-state index in [1.807, 2.05) is 0 Å². The lowest BCUT2D eigenvalue weighted by Gasteiger charge is -2.15. The zero-order valence-corrected chi connectivity index (χ0v) is 19.4. The van der Waals surface area contributed by atoms with Gasteiger partial charge in [0.05, 0.1) is 0 Å². The van der Waals surface area contributed by atoms with Gasteiger partial charge in [-0.3, -0.25) is 14.4 Å². The summed E-state index contributed by atoms with van der Waals surface area (Å²) in [6.07, 6.45) is 2.88. The Morgan fingerprint density at radius 3 is 1.03 bits per heavy atom. The highest BCUT2D eigenvalue weighted by atomic mass is 16.2. The Morgan fingerprint density at radius 2 is 0.833 bits per heavy atom. The summed E-state index contributed by atoms with van der Waals surface area (Å²) in [6.45, 7) is 14.0. The fourth-order valence-corrected chi connectivity index (χ4v) is 2.56. The van der Waals surface area contributed by atoms with Gasteiger partial charge in [-0.05, 0) is 36.0 Å². The molecule has 0 aliphatic rings. The molecule has 0 saturated heterocycles. The predicted molar refractivity (Wildman–Crippen MR) is 122 cm³/mol. The molecule has 3 amide bonds. The Kier molecular flexibility index (Phi) is 11.2. The normalized spacial score (nSPS) is 13.8. The van der Waals surface area contributed by atoms with Crippen molar-refractivity contribution in [2.75, 3.05) is 19.6 Å². The topological polar surface area (TPSA) is 87.3 Å². The van der Waals surface area contributed by atoms with Crippen LogP contribution in [0.1, 0.15) is 91.9 Å². The molecule has 0 saturated carbocycles. The zero-order chi connectivity index (χ0) is 22.7. The lowest BCUT2D eigenvalue weighted by molar-refractivity contribution is 0.0947. The molecule has 0 spiro atoms. The number of benzene rings is 1. The third-order valence-electron chi connectivity index (χ3n) is 5.64. The number of hydrogen-bond acceptors (Lipinski definition) is 3. The van der Waals surface area contributed by atoms with Gasteiger partial charge in [-0.2, -0.15) is 0 Å². The highest BCUT2D eigenvalue weighted by Crippen LogP contribution is 2.13. The number of rotatable bonds is 12. The minimum atomic E-state index is -0.275. The maximum atomic E-state index is 12.7. The number of amides is 3. The standard InChI is InChI=1S/C24H39N3O3/c1-7-16(4)13-25-22(28)19-10-20(23(29)26-14-17(5)8-2)12-21(11-19)24(30)27-15-18(6)9-3/h10-12,16-18H,7-9,13-15H2,1-6H3,(H,25,28)(H,26,29)(H,27,30). The first-order valence-corrected chi connectivity index (χ1v) is 11.2. The van der Waals surface area contributed by atoms with Crippen LogP contribution in [0.5, 0.6) is 0 Å². The second-order valence-corrected chi connectivity index (χ2v) is 8.47. The molecule has 0 aliphatic heterocycles. The van der Waals surface area contributed by atoms with E-state index < -0.39 is 0 Å². The molecule has 3 atom stereocenters. The molecule has 1 aromatic carbocycles. The van der Waals surface area contributed by atoms with E-state index in [2.05, 4.69) is 57.5 Å². The van der Waals surface area contributed by atoms with Crippen LogP contribution < -0.4 is 16.0 Å². The summed E-state index contributed by atoms with van der Waals surface area (Å²) < 4.78 is 0. The van der Waals surface area contributed by atoms with E-state index >= 15 is 0 Å². The first-order chi connectivity index (χ1) is 14.2. The maximum Gasteiger partial charge on any atom is 0.251 e. The number of carbonyl (C=O) groups is 3. The van der Waals surface area contributed by atoms with Gasteiger partial charge in [0.1, 0.15) is 0 Å². The van der Waals surface area contributed by atoms with Crippen molar-refractivity contribution in [3.8, 4) is 0 Å². The summed E-state index contributed by atoms with van der Waals surface area (Å²) in [4.78, 5) is 38.0. The molecule has 168 valence electrons. The van der Waals surface area contributed by atoms with Gasteiger partial charge in [-0.1, -0.05) is 60.8 Å². The third kappa shape index (κ3) is 8.56. The Balaban J connectivity index is 3.09. The molecule has 0 aromatic heterocycles. The van der Waals surface area contributed by atoms with Crippen LogP contribution in [0, 0.1) is 17.8 Å². The molecule has 0 fully saturated rings. The molecule has 0 radical (unpaired) electrons. The SMILES string of the molecule is CCC(C)CNC(=O)c1cc(C(=O)NCC(C)CC)cc(C(=O)NCC(C)CC)c1. The summed E-state index contributed by atoms with van der Waals surface area (Å²) in [5.74, 6) is 0.242. The monoisotopic (exact) mass is 417 g/mol. The Morgan fingerprint density at radius 1 is 0.600 bits per heavy atom. The molecule has 30 heavy (non-hydrogen) atoms. The van der Waals surface area contributed by atoms with Gasteiger partial charge in [0.2, 0.25) is 0 Å². The number of carbonyl (C=O) groups excluding carboxylic acids is 3. The van der Waals surface area contributed by atoms with Crippen molar-refractivity contribution in [3.63, 3.8) is 0 Å². The van der Waals surface area contributed by atoms with E-state index in [9.17, 15) is 14.4 Å². The summed E-state index contributed by atoms with van der Waals surface area (Å²) in [5.41, 5.74) is 0.967. The van der Waals surface area contributed by atoms with E-state index in [0.29, 0.717) is 54.1 Å². The van der Waals surface area contributed by atoms with Crippen molar-refractivity contribution < 1.29 is 14.4 Å². The van der Waals surface area contributed by atoms with Gasteiger partial charge in [0, 0.05) is 36.3 Å². The van der Waals surface area contributed by atoms with Crippen LogP contribution in [0.3, 0.4) is 0 Å². The Bertz CT molecular complexity index is 610. The van der Waals surface area contributed by atoms with Crippen LogP contribution in [0.2, 0.25) is 0 Å². The second kappa shape index (κ2) is 13.0. The Hall–Kier alpha value is -2.37. The van der Waals surface area contributed by atoms with Gasteiger partial charge in [0.25, 0.3) is 17.7 Å². The van der Waals surface area contributed by atoms with Gasteiger partial charge in [0.15, 0.2) is 0 Å². The number of nitrogens with one attached hydrogen (secondary N) is 3. The van der Waals surface area contributed by atoms with E-state index in [1.165, 1.54) is 0 Å². The van der Waals surface area contributed by atoms with Gasteiger partial charge >= 0.3 is 0 Å². The van der Waals surface area contributed by atoms with Gasteiger partial charge in [-0.15, -0.1) is 0 Å². The van der Waals surface area contributed by atoms with Crippen LogP contribution >= 0.6 is 0 Å². The first kappa shape index (κ1) is 25.7. The van der Waals surface area contributed by atoms with Crippen molar-refractivity contribution >= 4 is 17.7 Å². The third-order valence-corrected chi connectivity index (χ3v) is 5.64. The van der Waals surface area contributed by atoms with Crippen molar-refractivity contribution in [1.29, 1.82) is 0 Å². The molecule has 0 heterocycles.